The van der Waals surface area contributed by atoms with Crippen molar-refractivity contribution in [3.63, 3.8) is 0 Å². The van der Waals surface area contributed by atoms with Gasteiger partial charge in [0.2, 0.25) is 0 Å². The van der Waals surface area contributed by atoms with E-state index in [0.29, 0.717) is 5.75 Å². The molecule has 0 aliphatic heterocycles. The van der Waals surface area contributed by atoms with Crippen molar-refractivity contribution in [1.82, 2.24) is 4.90 Å². The van der Waals surface area contributed by atoms with Gasteiger partial charge >= 0.3 is 0 Å². The van der Waals surface area contributed by atoms with Gasteiger partial charge in [0.25, 0.3) is 15.0 Å². The number of likely N-dealkylation sites (N-methyl/N-ethyl adjacent to an activating group) is 1. The third kappa shape index (κ3) is 4.72. The van der Waals surface area contributed by atoms with Crippen molar-refractivity contribution in [3.8, 4) is 5.75 Å². The van der Waals surface area contributed by atoms with Gasteiger partial charge in [0.05, 0.1) is 4.90 Å². The van der Waals surface area contributed by atoms with Crippen LogP contribution in [0, 0.1) is 0 Å². The predicted molar refractivity (Wildman–Crippen MR) is 72.9 cm³/mol. The fraction of sp³-hybridized carbons (Fsp3) is 0.417. The van der Waals surface area contributed by atoms with E-state index < -0.39 is 9.05 Å². The predicted octanol–water partition coefficient (Wildman–Crippen LogP) is 1.86. The quantitative estimate of drug-likeness (QED) is 0.779. The molecule has 5 nitrogen and oxygen atoms in total. The molecule has 1 rings (SSSR count). The Morgan fingerprint density at radius 3 is 2.26 bits per heavy atom. The summed E-state index contributed by atoms with van der Waals surface area (Å²) in [6, 6.07) is 5.66. The molecule has 0 N–H and O–H groups in total. The topological polar surface area (TPSA) is 63.7 Å². The molecule has 0 fully saturated rings. The molecular formula is C12H16ClNO4S. The second-order valence-electron chi connectivity index (χ2n) is 4.30. The maximum Gasteiger partial charge on any atom is 0.261 e. The molecule has 1 amide bonds. The van der Waals surface area contributed by atoms with E-state index >= 15 is 0 Å². The van der Waals surface area contributed by atoms with Crippen LogP contribution < -0.4 is 4.74 Å². The Kier molecular flexibility index (Phi) is 5.20. The van der Waals surface area contributed by atoms with Gasteiger partial charge in [-0.15, -0.1) is 0 Å². The Morgan fingerprint density at radius 2 is 1.84 bits per heavy atom. The van der Waals surface area contributed by atoms with Crippen molar-refractivity contribution < 1.29 is 17.9 Å². The van der Waals surface area contributed by atoms with E-state index in [0.717, 1.165) is 0 Å². The number of halogens is 1. The van der Waals surface area contributed by atoms with Gasteiger partial charge in [-0.3, -0.25) is 4.79 Å². The first kappa shape index (κ1) is 15.8. The van der Waals surface area contributed by atoms with Gasteiger partial charge in [0.15, 0.2) is 6.61 Å². The Balaban J connectivity index is 2.63. The number of carbonyl (C=O) groups is 1. The van der Waals surface area contributed by atoms with Gasteiger partial charge in [-0.2, -0.15) is 0 Å². The van der Waals surface area contributed by atoms with Crippen LogP contribution >= 0.6 is 10.7 Å². The van der Waals surface area contributed by atoms with Crippen molar-refractivity contribution in [2.45, 2.75) is 24.8 Å². The number of nitrogens with zero attached hydrogens (tertiary/aromatic N) is 1. The van der Waals surface area contributed by atoms with Crippen molar-refractivity contribution in [2.75, 3.05) is 13.7 Å². The van der Waals surface area contributed by atoms with Crippen molar-refractivity contribution in [3.05, 3.63) is 24.3 Å². The SMILES string of the molecule is CC(C)N(C)C(=O)COc1ccc(S(=O)(=O)Cl)cc1. The van der Waals surface area contributed by atoms with Gasteiger partial charge in [-0.25, -0.2) is 8.42 Å². The van der Waals surface area contributed by atoms with Gasteiger partial charge < -0.3 is 9.64 Å². The lowest BCUT2D eigenvalue weighted by molar-refractivity contribution is -0.133. The van der Waals surface area contributed by atoms with E-state index in [1.54, 1.807) is 11.9 Å². The van der Waals surface area contributed by atoms with E-state index in [2.05, 4.69) is 0 Å². The number of amides is 1. The summed E-state index contributed by atoms with van der Waals surface area (Å²) in [7, 11) is 3.15. The lowest BCUT2D eigenvalue weighted by atomic mass is 10.3. The molecule has 0 bridgehead atoms. The van der Waals surface area contributed by atoms with Crippen molar-refractivity contribution in [1.29, 1.82) is 0 Å². The minimum atomic E-state index is -3.73. The van der Waals surface area contributed by atoms with Crippen LogP contribution in [0.1, 0.15) is 13.8 Å². The highest BCUT2D eigenvalue weighted by molar-refractivity contribution is 8.13. The number of hydrogen-bond donors (Lipinski definition) is 0. The van der Waals surface area contributed by atoms with Crippen LogP contribution in [0.2, 0.25) is 0 Å². The zero-order chi connectivity index (χ0) is 14.6. The number of ether oxygens (including phenoxy) is 1. The molecule has 0 saturated carbocycles. The van der Waals surface area contributed by atoms with E-state index in [1.807, 2.05) is 13.8 Å². The van der Waals surface area contributed by atoms with E-state index in [9.17, 15) is 13.2 Å². The van der Waals surface area contributed by atoms with Crippen LogP contribution in [0.4, 0.5) is 0 Å². The first-order valence-corrected chi connectivity index (χ1v) is 7.96. The average molecular weight is 306 g/mol. The molecule has 0 saturated heterocycles. The number of hydrogen-bond acceptors (Lipinski definition) is 4. The molecule has 1 aromatic rings. The highest BCUT2D eigenvalue weighted by Crippen LogP contribution is 2.19. The molecule has 0 radical (unpaired) electrons. The number of rotatable bonds is 5. The summed E-state index contributed by atoms with van der Waals surface area (Å²) in [4.78, 5) is 13.2. The molecule has 7 heteroatoms. The molecule has 0 atom stereocenters. The fourth-order valence-electron chi connectivity index (χ4n) is 1.23. The molecule has 0 aliphatic rings. The average Bonchev–Trinajstić information content (AvgIpc) is 2.34. The second kappa shape index (κ2) is 6.25. The molecular weight excluding hydrogens is 290 g/mol. The Hall–Kier alpha value is -1.27. The van der Waals surface area contributed by atoms with E-state index in [1.165, 1.54) is 24.3 Å². The Morgan fingerprint density at radius 1 is 1.32 bits per heavy atom. The maximum atomic E-state index is 11.7. The van der Waals surface area contributed by atoms with Gasteiger partial charge in [-0.05, 0) is 38.1 Å². The van der Waals surface area contributed by atoms with Crippen LogP contribution in [0.25, 0.3) is 0 Å². The number of benzene rings is 1. The first-order chi connectivity index (χ1) is 8.71. The number of carbonyl (C=O) groups excluding carboxylic acids is 1. The molecule has 0 heterocycles. The fourth-order valence-corrected chi connectivity index (χ4v) is 2.00. The van der Waals surface area contributed by atoms with Crippen LogP contribution in [0.3, 0.4) is 0 Å². The van der Waals surface area contributed by atoms with Crippen LogP contribution in [0.5, 0.6) is 5.75 Å². The van der Waals surface area contributed by atoms with Crippen molar-refractivity contribution >= 4 is 25.6 Å². The van der Waals surface area contributed by atoms with Gasteiger partial charge in [-0.1, -0.05) is 0 Å². The van der Waals surface area contributed by atoms with E-state index in [4.69, 9.17) is 15.4 Å². The zero-order valence-electron chi connectivity index (χ0n) is 11.0. The maximum absolute atomic E-state index is 11.7. The second-order valence-corrected chi connectivity index (χ2v) is 6.86. The van der Waals surface area contributed by atoms with Crippen molar-refractivity contribution in [2.24, 2.45) is 0 Å². The summed E-state index contributed by atoms with van der Waals surface area (Å²) in [6.45, 7) is 3.71. The van der Waals surface area contributed by atoms with E-state index in [-0.39, 0.29) is 23.5 Å². The summed E-state index contributed by atoms with van der Waals surface area (Å²) in [5, 5.41) is 0. The third-order valence-electron chi connectivity index (χ3n) is 2.64. The molecule has 1 aromatic carbocycles. The summed E-state index contributed by atoms with van der Waals surface area (Å²) < 4.78 is 27.4. The monoisotopic (exact) mass is 305 g/mol. The largest absolute Gasteiger partial charge is 0.484 e. The molecule has 0 spiro atoms. The van der Waals surface area contributed by atoms with Crippen LogP contribution in [-0.4, -0.2) is 38.9 Å². The Bertz CT molecular complexity index is 539. The van der Waals surface area contributed by atoms with Crippen LogP contribution in [-0.2, 0) is 13.8 Å². The summed E-state index contributed by atoms with van der Waals surface area (Å²) >= 11 is 0. The summed E-state index contributed by atoms with van der Waals surface area (Å²) in [5.41, 5.74) is 0. The zero-order valence-corrected chi connectivity index (χ0v) is 12.5. The molecule has 19 heavy (non-hydrogen) atoms. The minimum Gasteiger partial charge on any atom is -0.484 e. The smallest absolute Gasteiger partial charge is 0.261 e. The third-order valence-corrected chi connectivity index (χ3v) is 4.01. The lowest BCUT2D eigenvalue weighted by Gasteiger charge is -2.21. The van der Waals surface area contributed by atoms with Gasteiger partial charge in [0.1, 0.15) is 5.75 Å². The molecule has 0 aliphatic carbocycles. The highest BCUT2D eigenvalue weighted by Gasteiger charge is 2.13. The lowest BCUT2D eigenvalue weighted by Crippen LogP contribution is -2.36. The first-order valence-electron chi connectivity index (χ1n) is 5.65. The molecule has 106 valence electrons. The standard InChI is InChI=1S/C12H16ClNO4S/c1-9(2)14(3)12(15)8-18-10-4-6-11(7-5-10)19(13,16)17/h4-7,9H,8H2,1-3H3. The molecule has 0 aromatic heterocycles. The normalized spacial score (nSPS) is 11.4. The minimum absolute atomic E-state index is 0.00728. The summed E-state index contributed by atoms with van der Waals surface area (Å²) in [5.74, 6) is 0.263. The Labute approximate surface area is 117 Å². The summed E-state index contributed by atoms with van der Waals surface area (Å²) in [6.07, 6.45) is 0. The van der Waals surface area contributed by atoms with Gasteiger partial charge in [0, 0.05) is 23.8 Å². The van der Waals surface area contributed by atoms with Crippen LogP contribution in [0.15, 0.2) is 29.2 Å². The highest BCUT2D eigenvalue weighted by atomic mass is 35.7. The molecule has 0 unspecified atom stereocenters.